The van der Waals surface area contributed by atoms with E-state index in [0.29, 0.717) is 25.7 Å². The Hall–Kier alpha value is 0.870. The van der Waals surface area contributed by atoms with Crippen LogP contribution in [0.15, 0.2) is 0 Å². The Balaban J connectivity index is 0. The number of unbranched alkanes of at least 4 members (excludes halogenated alkanes) is 6. The molecule has 0 aromatic carbocycles. The van der Waals surface area contributed by atoms with Crippen LogP contribution in [0.2, 0.25) is 0 Å². The smallest absolute Gasteiger partial charge is 0.748 e. The van der Waals surface area contributed by atoms with Gasteiger partial charge in [-0.25, -0.2) is 8.42 Å². The first-order valence-corrected chi connectivity index (χ1v) is 10.5. The Morgan fingerprint density at radius 3 is 1.74 bits per heavy atom. The van der Waals surface area contributed by atoms with Crippen LogP contribution in [0.5, 0.6) is 0 Å². The first-order valence-electron chi connectivity index (χ1n) is 9.04. The van der Waals surface area contributed by atoms with E-state index in [4.69, 9.17) is 0 Å². The Morgan fingerprint density at radius 2 is 1.22 bits per heavy atom. The first kappa shape index (κ1) is 26.1. The maximum atomic E-state index is 11.2. The predicted octanol–water partition coefficient (Wildman–Crippen LogP) is 1.38. The number of aliphatic hydroxyl groups excluding tert-OH is 1. The summed E-state index contributed by atoms with van der Waals surface area (Å²) in [5.41, 5.74) is 0. The third-order valence-electron chi connectivity index (χ3n) is 4.24. The second-order valence-electron chi connectivity index (χ2n) is 6.40. The molecule has 0 saturated carbocycles. The quantitative estimate of drug-likeness (QED) is 0.272. The van der Waals surface area contributed by atoms with Crippen molar-refractivity contribution in [3.8, 4) is 0 Å². The molecule has 0 rings (SSSR count). The van der Waals surface area contributed by atoms with Crippen molar-refractivity contribution < 1.29 is 47.6 Å². The largest absolute Gasteiger partial charge is 1.00 e. The van der Waals surface area contributed by atoms with E-state index in [1.54, 1.807) is 0 Å². The minimum absolute atomic E-state index is 0. The van der Waals surface area contributed by atoms with Crippen molar-refractivity contribution >= 4 is 10.1 Å². The molecule has 0 aliphatic rings. The Bertz CT molecular complexity index is 347. The summed E-state index contributed by atoms with van der Waals surface area (Å²) in [5.74, 6) is 0. The van der Waals surface area contributed by atoms with Gasteiger partial charge in [0.2, 0.25) is 0 Å². The van der Waals surface area contributed by atoms with Crippen molar-refractivity contribution in [2.45, 2.75) is 109 Å². The van der Waals surface area contributed by atoms with Crippen LogP contribution < -0.4 is 29.6 Å². The van der Waals surface area contributed by atoms with Crippen LogP contribution in [-0.2, 0) is 10.1 Å². The van der Waals surface area contributed by atoms with Gasteiger partial charge in [0, 0.05) is 5.25 Å². The molecule has 0 saturated heterocycles. The summed E-state index contributed by atoms with van der Waals surface area (Å²) in [7, 11) is -4.17. The molecular formula is C17H35NaO4S. The van der Waals surface area contributed by atoms with Gasteiger partial charge < -0.3 is 9.66 Å². The third kappa shape index (κ3) is 16.1. The van der Waals surface area contributed by atoms with Gasteiger partial charge in [-0.2, -0.15) is 0 Å². The molecule has 0 fully saturated rings. The Labute approximate surface area is 165 Å². The van der Waals surface area contributed by atoms with E-state index in [2.05, 4.69) is 6.92 Å². The topological polar surface area (TPSA) is 77.4 Å². The average molecular weight is 359 g/mol. The zero-order valence-electron chi connectivity index (χ0n) is 15.4. The molecule has 2 atom stereocenters. The summed E-state index contributed by atoms with van der Waals surface area (Å²) in [5, 5.41) is 9.15. The molecule has 0 aliphatic heterocycles. The second-order valence-corrected chi connectivity index (χ2v) is 8.05. The van der Waals surface area contributed by atoms with Crippen molar-refractivity contribution in [2.24, 2.45) is 0 Å². The van der Waals surface area contributed by atoms with Crippen molar-refractivity contribution in [1.82, 2.24) is 0 Å². The molecule has 0 radical (unpaired) electrons. The fourth-order valence-electron chi connectivity index (χ4n) is 2.74. The van der Waals surface area contributed by atoms with E-state index in [-0.39, 0.29) is 35.7 Å². The summed E-state index contributed by atoms with van der Waals surface area (Å²) >= 11 is 0. The van der Waals surface area contributed by atoms with E-state index < -0.39 is 15.4 Å². The molecule has 0 bridgehead atoms. The van der Waals surface area contributed by atoms with Crippen molar-refractivity contribution in [3.63, 3.8) is 0 Å². The van der Waals surface area contributed by atoms with Gasteiger partial charge in [-0.1, -0.05) is 71.6 Å². The van der Waals surface area contributed by atoms with Gasteiger partial charge in [0.1, 0.15) is 0 Å². The molecule has 0 aromatic rings. The van der Waals surface area contributed by atoms with E-state index in [0.717, 1.165) is 32.1 Å². The molecular weight excluding hydrogens is 323 g/mol. The van der Waals surface area contributed by atoms with Crippen molar-refractivity contribution in [1.29, 1.82) is 0 Å². The van der Waals surface area contributed by atoms with E-state index in [1.165, 1.54) is 25.7 Å². The molecule has 6 heteroatoms. The normalized spacial score (nSPS) is 14.3. The number of aliphatic hydroxyl groups is 1. The summed E-state index contributed by atoms with van der Waals surface area (Å²) in [6.45, 7) is 4.18. The Kier molecular flexibility index (Phi) is 18.5. The standard InChI is InChI=1S/C17H36O4S.Na/c1-3-5-7-8-9-12-16(18)13-10-11-15-17(14-6-4-2)22(19,20)21;/h16-18H,3-15H2,1-2H3,(H,19,20,21);/q;+1/p-1. The molecule has 0 spiro atoms. The van der Waals surface area contributed by atoms with Crippen LogP contribution in [-0.4, -0.2) is 29.4 Å². The van der Waals surface area contributed by atoms with Crippen LogP contribution >= 0.6 is 0 Å². The van der Waals surface area contributed by atoms with Crippen molar-refractivity contribution in [3.05, 3.63) is 0 Å². The minimum atomic E-state index is -4.17. The number of hydrogen-bond donors (Lipinski definition) is 1. The number of rotatable bonds is 15. The van der Waals surface area contributed by atoms with Gasteiger partial charge in [0.25, 0.3) is 0 Å². The van der Waals surface area contributed by atoms with Gasteiger partial charge in [-0.3, -0.25) is 0 Å². The van der Waals surface area contributed by atoms with Gasteiger partial charge in [-0.05, 0) is 25.7 Å². The molecule has 23 heavy (non-hydrogen) atoms. The maximum absolute atomic E-state index is 11.2. The SMILES string of the molecule is CCCCCCCC(O)CCCCC(CCCC)S(=O)(=O)[O-].[Na+]. The van der Waals surface area contributed by atoms with Crippen LogP contribution in [0.25, 0.3) is 0 Å². The zero-order chi connectivity index (χ0) is 16.8. The van der Waals surface area contributed by atoms with E-state index in [9.17, 15) is 18.1 Å². The molecule has 0 aliphatic carbocycles. The van der Waals surface area contributed by atoms with Crippen LogP contribution in [0.3, 0.4) is 0 Å². The summed E-state index contributed by atoms with van der Waals surface area (Å²) < 4.78 is 33.6. The maximum Gasteiger partial charge on any atom is 1.00 e. The van der Waals surface area contributed by atoms with Gasteiger partial charge in [-0.15, -0.1) is 0 Å². The molecule has 0 aromatic heterocycles. The molecule has 2 unspecified atom stereocenters. The summed E-state index contributed by atoms with van der Waals surface area (Å²) in [6.07, 6.45) is 11.4. The van der Waals surface area contributed by atoms with Gasteiger partial charge >= 0.3 is 29.6 Å². The predicted molar refractivity (Wildman–Crippen MR) is 90.9 cm³/mol. The fraction of sp³-hybridized carbons (Fsp3) is 1.00. The van der Waals surface area contributed by atoms with E-state index >= 15 is 0 Å². The van der Waals surface area contributed by atoms with Gasteiger partial charge in [0.05, 0.1) is 16.2 Å². The summed E-state index contributed by atoms with van der Waals surface area (Å²) in [4.78, 5) is 0. The van der Waals surface area contributed by atoms with Crippen LogP contribution in [0.1, 0.15) is 97.3 Å². The minimum Gasteiger partial charge on any atom is -0.748 e. The van der Waals surface area contributed by atoms with E-state index in [1.807, 2.05) is 6.92 Å². The third-order valence-corrected chi connectivity index (χ3v) is 5.53. The monoisotopic (exact) mass is 358 g/mol. The summed E-state index contributed by atoms with van der Waals surface area (Å²) in [6, 6.07) is 0. The van der Waals surface area contributed by atoms with Crippen LogP contribution in [0.4, 0.5) is 0 Å². The second kappa shape index (κ2) is 16.3. The van der Waals surface area contributed by atoms with Crippen LogP contribution in [0, 0.1) is 0 Å². The van der Waals surface area contributed by atoms with Crippen molar-refractivity contribution in [2.75, 3.05) is 0 Å². The average Bonchev–Trinajstić information content (AvgIpc) is 2.45. The molecule has 134 valence electrons. The molecule has 0 amide bonds. The zero-order valence-corrected chi connectivity index (χ0v) is 18.2. The first-order chi connectivity index (χ1) is 10.4. The van der Waals surface area contributed by atoms with Gasteiger partial charge in [0.15, 0.2) is 0 Å². The number of hydrogen-bond acceptors (Lipinski definition) is 4. The molecule has 1 N–H and O–H groups in total. The Morgan fingerprint density at radius 1 is 0.783 bits per heavy atom. The molecule has 4 nitrogen and oxygen atoms in total. The molecule has 0 heterocycles. The fourth-order valence-corrected chi connectivity index (χ4v) is 3.66.